The van der Waals surface area contributed by atoms with Crippen LogP contribution in [0.4, 0.5) is 0 Å². The van der Waals surface area contributed by atoms with E-state index in [4.69, 9.17) is 14.4 Å². The molecule has 0 radical (unpaired) electrons. The van der Waals surface area contributed by atoms with Crippen LogP contribution in [0.1, 0.15) is 28.9 Å². The molecule has 0 aliphatic carbocycles. The lowest BCUT2D eigenvalue weighted by Crippen LogP contribution is -2.04. The van der Waals surface area contributed by atoms with Crippen LogP contribution in [0.5, 0.6) is 0 Å². The minimum atomic E-state index is -0.673. The van der Waals surface area contributed by atoms with Crippen molar-refractivity contribution in [2.75, 3.05) is 6.61 Å². The summed E-state index contributed by atoms with van der Waals surface area (Å²) in [5.41, 5.74) is 1.05. The average Bonchev–Trinajstić information content (AvgIpc) is 2.96. The molecular weight excluding hydrogens is 282 g/mol. The van der Waals surface area contributed by atoms with Crippen molar-refractivity contribution in [2.45, 2.75) is 24.1 Å². The SMILES string of the molecule is CCOC(=O)c1nnc(Sc2c(C#N)c(C)nn2C)o1. The second-order valence-corrected chi connectivity index (χ2v) is 4.64. The summed E-state index contributed by atoms with van der Waals surface area (Å²) in [4.78, 5) is 11.4. The first-order valence-electron chi connectivity index (χ1n) is 5.69. The van der Waals surface area contributed by atoms with E-state index in [1.165, 1.54) is 0 Å². The Kier molecular flexibility index (Phi) is 4.05. The number of aryl methyl sites for hydroxylation is 2. The number of nitriles is 1. The van der Waals surface area contributed by atoms with E-state index < -0.39 is 5.97 Å². The Balaban J connectivity index is 2.24. The standard InChI is InChI=1S/C11H11N5O3S/c1-4-18-10(17)8-13-14-11(19-8)20-9-7(5-12)6(2)15-16(9)3/h4H2,1-3H3. The number of hydrogen-bond donors (Lipinski definition) is 0. The minimum Gasteiger partial charge on any atom is -0.459 e. The fourth-order valence-corrected chi connectivity index (χ4v) is 2.33. The van der Waals surface area contributed by atoms with Gasteiger partial charge in [-0.2, -0.15) is 10.4 Å². The molecule has 2 aromatic rings. The van der Waals surface area contributed by atoms with Crippen molar-refractivity contribution in [1.82, 2.24) is 20.0 Å². The van der Waals surface area contributed by atoms with Gasteiger partial charge in [0.1, 0.15) is 16.7 Å². The first-order valence-corrected chi connectivity index (χ1v) is 6.50. The zero-order chi connectivity index (χ0) is 14.7. The van der Waals surface area contributed by atoms with Crippen LogP contribution in [0, 0.1) is 18.3 Å². The van der Waals surface area contributed by atoms with Crippen molar-refractivity contribution in [3.63, 3.8) is 0 Å². The summed E-state index contributed by atoms with van der Waals surface area (Å²) in [6.07, 6.45) is 0. The summed E-state index contributed by atoms with van der Waals surface area (Å²) in [6, 6.07) is 2.07. The summed E-state index contributed by atoms with van der Waals surface area (Å²) in [5.74, 6) is -0.889. The lowest BCUT2D eigenvalue weighted by molar-refractivity contribution is 0.0475. The Morgan fingerprint density at radius 3 is 2.95 bits per heavy atom. The Bertz CT molecular complexity index is 685. The summed E-state index contributed by atoms with van der Waals surface area (Å²) in [6.45, 7) is 3.64. The van der Waals surface area contributed by atoms with Crippen molar-refractivity contribution in [2.24, 2.45) is 7.05 Å². The molecule has 9 heteroatoms. The molecule has 0 saturated carbocycles. The first kappa shape index (κ1) is 14.1. The smallest absolute Gasteiger partial charge is 0.396 e. The molecule has 8 nitrogen and oxygen atoms in total. The molecule has 20 heavy (non-hydrogen) atoms. The maximum atomic E-state index is 11.4. The Labute approximate surface area is 118 Å². The molecule has 0 saturated heterocycles. The zero-order valence-electron chi connectivity index (χ0n) is 11.1. The lowest BCUT2D eigenvalue weighted by atomic mass is 10.3. The van der Waals surface area contributed by atoms with Crippen LogP contribution in [0.25, 0.3) is 0 Å². The van der Waals surface area contributed by atoms with E-state index in [-0.39, 0.29) is 17.7 Å². The normalized spacial score (nSPS) is 10.3. The second-order valence-electron chi connectivity index (χ2n) is 3.70. The molecular formula is C11H11N5O3S. The van der Waals surface area contributed by atoms with Crippen LogP contribution in [-0.2, 0) is 11.8 Å². The largest absolute Gasteiger partial charge is 0.459 e. The molecule has 2 heterocycles. The molecule has 0 aliphatic rings. The van der Waals surface area contributed by atoms with Gasteiger partial charge in [-0.3, -0.25) is 4.68 Å². The minimum absolute atomic E-state index is 0.146. The highest BCUT2D eigenvalue weighted by Crippen LogP contribution is 2.30. The van der Waals surface area contributed by atoms with E-state index in [0.717, 1.165) is 11.8 Å². The van der Waals surface area contributed by atoms with Gasteiger partial charge in [0, 0.05) is 7.05 Å². The monoisotopic (exact) mass is 293 g/mol. The predicted octanol–water partition coefficient (Wildman–Crippen LogP) is 1.31. The Morgan fingerprint density at radius 2 is 2.30 bits per heavy atom. The maximum absolute atomic E-state index is 11.4. The van der Waals surface area contributed by atoms with Gasteiger partial charge in [0.2, 0.25) is 0 Å². The van der Waals surface area contributed by atoms with Crippen molar-refractivity contribution in [1.29, 1.82) is 5.26 Å². The van der Waals surface area contributed by atoms with Crippen LogP contribution in [0.2, 0.25) is 0 Å². The summed E-state index contributed by atoms with van der Waals surface area (Å²) in [7, 11) is 1.71. The maximum Gasteiger partial charge on any atom is 0.396 e. The van der Waals surface area contributed by atoms with E-state index in [2.05, 4.69) is 21.4 Å². The fourth-order valence-electron chi connectivity index (χ4n) is 1.49. The zero-order valence-corrected chi connectivity index (χ0v) is 11.9. The molecule has 0 unspecified atom stereocenters. The molecule has 2 aromatic heterocycles. The number of ether oxygens (including phenoxy) is 1. The summed E-state index contributed by atoms with van der Waals surface area (Å²) >= 11 is 1.07. The lowest BCUT2D eigenvalue weighted by Gasteiger charge is -1.97. The van der Waals surface area contributed by atoms with E-state index in [0.29, 0.717) is 16.3 Å². The van der Waals surface area contributed by atoms with Crippen molar-refractivity contribution in [3.8, 4) is 6.07 Å². The molecule has 0 N–H and O–H groups in total. The van der Waals surface area contributed by atoms with Crippen LogP contribution in [0.3, 0.4) is 0 Å². The molecule has 104 valence electrons. The number of carbonyl (C=O) groups is 1. The highest BCUT2D eigenvalue weighted by molar-refractivity contribution is 7.99. The van der Waals surface area contributed by atoms with Crippen molar-refractivity contribution in [3.05, 3.63) is 17.1 Å². The molecule has 0 amide bonds. The number of hydrogen-bond acceptors (Lipinski definition) is 8. The van der Waals surface area contributed by atoms with E-state index in [1.54, 1.807) is 25.6 Å². The van der Waals surface area contributed by atoms with E-state index in [9.17, 15) is 4.79 Å². The average molecular weight is 293 g/mol. The number of esters is 1. The van der Waals surface area contributed by atoms with Gasteiger partial charge in [0.15, 0.2) is 0 Å². The van der Waals surface area contributed by atoms with Gasteiger partial charge in [0.25, 0.3) is 5.22 Å². The van der Waals surface area contributed by atoms with Crippen molar-refractivity contribution < 1.29 is 13.9 Å². The number of nitrogens with zero attached hydrogens (tertiary/aromatic N) is 5. The van der Waals surface area contributed by atoms with Gasteiger partial charge in [-0.15, -0.1) is 5.10 Å². The summed E-state index contributed by atoms with van der Waals surface area (Å²) in [5, 5.41) is 21.3. The van der Waals surface area contributed by atoms with Crippen LogP contribution >= 0.6 is 11.8 Å². The predicted molar refractivity (Wildman–Crippen MR) is 67.0 cm³/mol. The molecule has 0 spiro atoms. The highest BCUT2D eigenvalue weighted by Gasteiger charge is 2.20. The molecule has 0 aliphatic heterocycles. The first-order chi connectivity index (χ1) is 9.56. The van der Waals surface area contributed by atoms with Gasteiger partial charge in [-0.05, 0) is 25.6 Å². The molecule has 2 rings (SSSR count). The van der Waals surface area contributed by atoms with Gasteiger partial charge in [-0.1, -0.05) is 5.10 Å². The molecule has 0 bridgehead atoms. The van der Waals surface area contributed by atoms with Crippen LogP contribution < -0.4 is 0 Å². The van der Waals surface area contributed by atoms with E-state index in [1.807, 2.05) is 0 Å². The fraction of sp³-hybridized carbons (Fsp3) is 0.364. The third-order valence-corrected chi connectivity index (χ3v) is 3.32. The number of rotatable bonds is 4. The van der Waals surface area contributed by atoms with Gasteiger partial charge in [-0.25, -0.2) is 4.79 Å². The highest BCUT2D eigenvalue weighted by atomic mass is 32.2. The summed E-state index contributed by atoms with van der Waals surface area (Å²) < 4.78 is 11.5. The van der Waals surface area contributed by atoms with Crippen molar-refractivity contribution >= 4 is 17.7 Å². The quantitative estimate of drug-likeness (QED) is 0.776. The van der Waals surface area contributed by atoms with Gasteiger partial charge < -0.3 is 9.15 Å². The second kappa shape index (κ2) is 5.75. The number of aromatic nitrogens is 4. The molecule has 0 fully saturated rings. The van der Waals surface area contributed by atoms with E-state index >= 15 is 0 Å². The van der Waals surface area contributed by atoms with Gasteiger partial charge in [0.05, 0.1) is 12.3 Å². The molecule has 0 aromatic carbocycles. The Morgan fingerprint density at radius 1 is 1.55 bits per heavy atom. The topological polar surface area (TPSA) is 107 Å². The third-order valence-electron chi connectivity index (χ3n) is 2.32. The van der Waals surface area contributed by atoms with Gasteiger partial charge >= 0.3 is 11.9 Å². The van der Waals surface area contributed by atoms with Crippen LogP contribution in [0.15, 0.2) is 14.7 Å². The van der Waals surface area contributed by atoms with Crippen LogP contribution in [-0.4, -0.2) is 32.6 Å². The molecule has 0 atom stereocenters. The number of carbonyl (C=O) groups excluding carboxylic acids is 1. The Hall–Kier alpha value is -2.34. The third kappa shape index (κ3) is 2.65.